The van der Waals surface area contributed by atoms with Crippen molar-refractivity contribution in [2.45, 2.75) is 45.2 Å². The van der Waals surface area contributed by atoms with Gasteiger partial charge in [-0.1, -0.05) is 6.92 Å². The monoisotopic (exact) mass is 227 g/mol. The molecule has 1 aliphatic rings. The normalized spacial score (nSPS) is 23.2. The lowest BCUT2D eigenvalue weighted by atomic mass is 10.0. The van der Waals surface area contributed by atoms with Gasteiger partial charge in [0.15, 0.2) is 0 Å². The smallest absolute Gasteiger partial charge is 0.0229 e. The summed E-state index contributed by atoms with van der Waals surface area (Å²) in [6.45, 7) is 11.6. The summed E-state index contributed by atoms with van der Waals surface area (Å²) in [6.07, 6.45) is 2.51. The Balaban J connectivity index is 2.16. The minimum Gasteiger partial charge on any atom is -0.311 e. The number of hydrogen-bond donors (Lipinski definition) is 1. The van der Waals surface area contributed by atoms with Crippen LogP contribution in [0, 0.1) is 0 Å². The van der Waals surface area contributed by atoms with Crippen LogP contribution in [0.25, 0.3) is 0 Å². The summed E-state index contributed by atoms with van der Waals surface area (Å²) >= 11 is 0. The van der Waals surface area contributed by atoms with E-state index in [-0.39, 0.29) is 0 Å². The highest BCUT2D eigenvalue weighted by Gasteiger charge is 2.23. The molecular weight excluding hydrogens is 198 g/mol. The van der Waals surface area contributed by atoms with Gasteiger partial charge in [-0.15, -0.1) is 0 Å². The number of likely N-dealkylation sites (tertiary alicyclic amines) is 1. The Hall–Kier alpha value is -0.120. The average Bonchev–Trinajstić information content (AvgIpc) is 2.66. The molecule has 0 bridgehead atoms. The molecule has 0 spiro atoms. The van der Waals surface area contributed by atoms with Gasteiger partial charge in [0.2, 0.25) is 0 Å². The van der Waals surface area contributed by atoms with Gasteiger partial charge < -0.3 is 15.1 Å². The second-order valence-corrected chi connectivity index (χ2v) is 5.87. The van der Waals surface area contributed by atoms with E-state index in [1.165, 1.54) is 32.5 Å². The van der Waals surface area contributed by atoms with E-state index in [0.717, 1.165) is 12.6 Å². The topological polar surface area (TPSA) is 18.5 Å². The van der Waals surface area contributed by atoms with Crippen molar-refractivity contribution in [3.8, 4) is 0 Å². The first-order chi connectivity index (χ1) is 7.44. The van der Waals surface area contributed by atoms with Crippen LogP contribution in [-0.4, -0.2) is 61.7 Å². The van der Waals surface area contributed by atoms with Crippen molar-refractivity contribution < 1.29 is 0 Å². The molecule has 0 radical (unpaired) electrons. The maximum atomic E-state index is 3.62. The minimum atomic E-state index is 0.292. The summed E-state index contributed by atoms with van der Waals surface area (Å²) in [4.78, 5) is 4.92. The molecule has 1 atom stereocenters. The largest absolute Gasteiger partial charge is 0.311 e. The third kappa shape index (κ3) is 4.40. The molecule has 0 aliphatic carbocycles. The molecule has 3 heteroatoms. The van der Waals surface area contributed by atoms with Crippen LogP contribution < -0.4 is 5.32 Å². The van der Waals surface area contributed by atoms with Crippen molar-refractivity contribution in [1.29, 1.82) is 0 Å². The van der Waals surface area contributed by atoms with E-state index in [4.69, 9.17) is 0 Å². The molecule has 1 fully saturated rings. The van der Waals surface area contributed by atoms with Crippen LogP contribution in [0.1, 0.15) is 33.6 Å². The van der Waals surface area contributed by atoms with E-state index in [0.29, 0.717) is 5.54 Å². The second kappa shape index (κ2) is 5.99. The van der Waals surface area contributed by atoms with E-state index < -0.39 is 0 Å². The highest BCUT2D eigenvalue weighted by Crippen LogP contribution is 2.12. The summed E-state index contributed by atoms with van der Waals surface area (Å²) in [7, 11) is 4.37. The van der Waals surface area contributed by atoms with Crippen molar-refractivity contribution in [2.24, 2.45) is 0 Å². The SMILES string of the molecule is CCC(C)(C)NCCN1CCC(N(C)C)C1. The van der Waals surface area contributed by atoms with Crippen molar-refractivity contribution in [3.63, 3.8) is 0 Å². The standard InChI is InChI=1S/C13H29N3/c1-6-13(2,3)14-8-10-16-9-7-12(11-16)15(4)5/h12,14H,6-11H2,1-5H3. The van der Waals surface area contributed by atoms with Gasteiger partial charge in [-0.3, -0.25) is 0 Å². The molecule has 3 nitrogen and oxygen atoms in total. The fraction of sp³-hybridized carbons (Fsp3) is 1.00. The summed E-state index contributed by atoms with van der Waals surface area (Å²) in [6, 6.07) is 0.763. The predicted octanol–water partition coefficient (Wildman–Crippen LogP) is 1.40. The van der Waals surface area contributed by atoms with Crippen molar-refractivity contribution in [1.82, 2.24) is 15.1 Å². The molecule has 1 unspecified atom stereocenters. The summed E-state index contributed by atoms with van der Waals surface area (Å²) < 4.78 is 0. The molecule has 0 aromatic rings. The third-order valence-corrected chi connectivity index (χ3v) is 3.89. The molecule has 0 amide bonds. The number of hydrogen-bond acceptors (Lipinski definition) is 3. The molecule has 1 rings (SSSR count). The van der Waals surface area contributed by atoms with E-state index in [2.05, 4.69) is 50.0 Å². The van der Waals surface area contributed by atoms with Gasteiger partial charge in [0.1, 0.15) is 0 Å². The quantitative estimate of drug-likeness (QED) is 0.740. The van der Waals surface area contributed by atoms with E-state index >= 15 is 0 Å². The Kier molecular flexibility index (Phi) is 5.22. The molecule has 0 aromatic heterocycles. The van der Waals surface area contributed by atoms with Gasteiger partial charge in [0, 0.05) is 31.2 Å². The predicted molar refractivity (Wildman–Crippen MR) is 70.9 cm³/mol. The van der Waals surface area contributed by atoms with Crippen molar-refractivity contribution >= 4 is 0 Å². The summed E-state index contributed by atoms with van der Waals surface area (Å²) in [5, 5.41) is 3.62. The van der Waals surface area contributed by atoms with E-state index in [9.17, 15) is 0 Å². The summed E-state index contributed by atoms with van der Waals surface area (Å²) in [5.41, 5.74) is 0.292. The fourth-order valence-corrected chi connectivity index (χ4v) is 2.11. The minimum absolute atomic E-state index is 0.292. The lowest BCUT2D eigenvalue weighted by molar-refractivity contribution is 0.259. The number of nitrogens with one attached hydrogen (secondary N) is 1. The maximum absolute atomic E-state index is 3.62. The lowest BCUT2D eigenvalue weighted by Crippen LogP contribution is -2.43. The zero-order chi connectivity index (χ0) is 12.2. The first-order valence-corrected chi connectivity index (χ1v) is 6.58. The Morgan fingerprint density at radius 3 is 2.56 bits per heavy atom. The van der Waals surface area contributed by atoms with Crippen LogP contribution in [0.2, 0.25) is 0 Å². The van der Waals surface area contributed by atoms with Crippen molar-refractivity contribution in [3.05, 3.63) is 0 Å². The molecular formula is C13H29N3. The molecule has 0 saturated carbocycles. The maximum Gasteiger partial charge on any atom is 0.0229 e. The number of likely N-dealkylation sites (N-methyl/N-ethyl adjacent to an activating group) is 1. The van der Waals surface area contributed by atoms with Gasteiger partial charge in [-0.05, 0) is 47.3 Å². The average molecular weight is 227 g/mol. The molecule has 1 aliphatic heterocycles. The number of rotatable bonds is 6. The zero-order valence-corrected chi connectivity index (χ0v) is 11.7. The van der Waals surface area contributed by atoms with Crippen molar-refractivity contribution in [2.75, 3.05) is 40.3 Å². The molecule has 1 saturated heterocycles. The summed E-state index contributed by atoms with van der Waals surface area (Å²) in [5.74, 6) is 0. The lowest BCUT2D eigenvalue weighted by Gasteiger charge is -2.26. The fourth-order valence-electron chi connectivity index (χ4n) is 2.11. The van der Waals surface area contributed by atoms with Crippen LogP contribution in [0.5, 0.6) is 0 Å². The van der Waals surface area contributed by atoms with Crippen LogP contribution in [0.15, 0.2) is 0 Å². The van der Waals surface area contributed by atoms with Crippen LogP contribution in [-0.2, 0) is 0 Å². The molecule has 1 N–H and O–H groups in total. The first-order valence-electron chi connectivity index (χ1n) is 6.58. The van der Waals surface area contributed by atoms with Gasteiger partial charge in [0.25, 0.3) is 0 Å². The van der Waals surface area contributed by atoms with Crippen LogP contribution in [0.3, 0.4) is 0 Å². The molecule has 16 heavy (non-hydrogen) atoms. The van der Waals surface area contributed by atoms with E-state index in [1.807, 2.05) is 0 Å². The van der Waals surface area contributed by atoms with E-state index in [1.54, 1.807) is 0 Å². The van der Waals surface area contributed by atoms with Gasteiger partial charge in [-0.2, -0.15) is 0 Å². The highest BCUT2D eigenvalue weighted by molar-refractivity contribution is 4.82. The Morgan fingerprint density at radius 1 is 1.38 bits per heavy atom. The number of nitrogens with zero attached hydrogens (tertiary/aromatic N) is 2. The van der Waals surface area contributed by atoms with Crippen LogP contribution >= 0.6 is 0 Å². The van der Waals surface area contributed by atoms with Gasteiger partial charge in [0.05, 0.1) is 0 Å². The Morgan fingerprint density at radius 2 is 2.06 bits per heavy atom. The zero-order valence-electron chi connectivity index (χ0n) is 11.7. The highest BCUT2D eigenvalue weighted by atomic mass is 15.2. The van der Waals surface area contributed by atoms with Gasteiger partial charge in [-0.25, -0.2) is 0 Å². The molecule has 1 heterocycles. The second-order valence-electron chi connectivity index (χ2n) is 5.87. The third-order valence-electron chi connectivity index (χ3n) is 3.89. The Bertz CT molecular complexity index is 201. The molecule has 96 valence electrons. The molecule has 0 aromatic carbocycles. The van der Waals surface area contributed by atoms with Crippen LogP contribution in [0.4, 0.5) is 0 Å². The Labute approximate surface area is 101 Å². The first kappa shape index (κ1) is 13.9. The van der Waals surface area contributed by atoms with Gasteiger partial charge >= 0.3 is 0 Å².